The van der Waals surface area contributed by atoms with Gasteiger partial charge in [0, 0.05) is 24.0 Å². The molecule has 2 aromatic rings. The lowest BCUT2D eigenvalue weighted by atomic mass is 10.1. The third-order valence-corrected chi connectivity index (χ3v) is 2.65. The summed E-state index contributed by atoms with van der Waals surface area (Å²) in [6.07, 6.45) is 5.90. The van der Waals surface area contributed by atoms with Crippen LogP contribution in [0.1, 0.15) is 23.9 Å². The Labute approximate surface area is 100 Å². The summed E-state index contributed by atoms with van der Waals surface area (Å²) in [5.41, 5.74) is 2.11. The average Bonchev–Trinajstić information content (AvgIpc) is 2.62. The topological polar surface area (TPSA) is 63.8 Å². The molecule has 0 amide bonds. The molecule has 0 fully saturated rings. The molecule has 17 heavy (non-hydrogen) atoms. The van der Waals surface area contributed by atoms with Crippen LogP contribution < -0.4 is 5.32 Å². The van der Waals surface area contributed by atoms with Gasteiger partial charge in [-0.15, -0.1) is 0 Å². The Morgan fingerprint density at radius 1 is 1.35 bits per heavy atom. The maximum Gasteiger partial charge on any atom is 0.144 e. The van der Waals surface area contributed by atoms with Crippen molar-refractivity contribution in [1.29, 1.82) is 0 Å². The van der Waals surface area contributed by atoms with Crippen LogP contribution in [0.4, 0.5) is 5.82 Å². The van der Waals surface area contributed by atoms with Gasteiger partial charge in [0.05, 0.1) is 11.9 Å². The van der Waals surface area contributed by atoms with Crippen LogP contribution >= 0.6 is 0 Å². The molecule has 1 unspecified atom stereocenters. The largest absolute Gasteiger partial charge is 0.366 e. The normalized spacial score (nSPS) is 12.4. The molecular formula is C12H16N4O. The molecule has 0 aliphatic heterocycles. The summed E-state index contributed by atoms with van der Waals surface area (Å²) in [4.78, 5) is 8.19. The third-order valence-electron chi connectivity index (χ3n) is 2.65. The van der Waals surface area contributed by atoms with E-state index >= 15 is 0 Å². The highest BCUT2D eigenvalue weighted by atomic mass is 16.5. The van der Waals surface area contributed by atoms with Gasteiger partial charge in [0.15, 0.2) is 0 Å². The smallest absolute Gasteiger partial charge is 0.144 e. The van der Waals surface area contributed by atoms with Gasteiger partial charge in [-0.2, -0.15) is 0 Å². The van der Waals surface area contributed by atoms with Crippen molar-refractivity contribution in [3.63, 3.8) is 0 Å². The maximum atomic E-state index is 5.14. The van der Waals surface area contributed by atoms with Crippen molar-refractivity contribution in [1.82, 2.24) is 15.1 Å². The lowest BCUT2D eigenvalue weighted by Gasteiger charge is -2.13. The van der Waals surface area contributed by atoms with Gasteiger partial charge in [-0.3, -0.25) is 4.98 Å². The molecule has 5 heteroatoms. The number of nitrogens with zero attached hydrogens (tertiary/aromatic N) is 3. The summed E-state index contributed by atoms with van der Waals surface area (Å²) in [6, 6.07) is 0.253. The predicted molar refractivity (Wildman–Crippen MR) is 64.8 cm³/mol. The molecule has 0 saturated heterocycles. The van der Waals surface area contributed by atoms with Crippen LogP contribution in [0.2, 0.25) is 0 Å². The lowest BCUT2D eigenvalue weighted by Crippen LogP contribution is -2.19. The standard InChI is InChI=1S/C12H16N4O/c1-8(15-12-7-13-4-5-14-12)6-11-9(2)16-17-10(11)3/h4-5,7-8H,6H2,1-3H3,(H,14,15). The zero-order chi connectivity index (χ0) is 12.3. The monoisotopic (exact) mass is 232 g/mol. The van der Waals surface area contributed by atoms with Crippen LogP contribution in [0.25, 0.3) is 0 Å². The van der Waals surface area contributed by atoms with E-state index in [1.54, 1.807) is 18.6 Å². The number of nitrogens with one attached hydrogen (secondary N) is 1. The van der Waals surface area contributed by atoms with E-state index in [1.165, 1.54) is 0 Å². The zero-order valence-electron chi connectivity index (χ0n) is 10.3. The molecular weight excluding hydrogens is 216 g/mol. The fourth-order valence-corrected chi connectivity index (χ4v) is 1.78. The van der Waals surface area contributed by atoms with E-state index in [0.717, 1.165) is 29.3 Å². The molecule has 0 aliphatic carbocycles. The molecule has 0 saturated carbocycles. The van der Waals surface area contributed by atoms with Crippen LogP contribution in [0, 0.1) is 13.8 Å². The van der Waals surface area contributed by atoms with Crippen molar-refractivity contribution >= 4 is 5.82 Å². The van der Waals surface area contributed by atoms with Gasteiger partial charge >= 0.3 is 0 Å². The maximum absolute atomic E-state index is 5.14. The third kappa shape index (κ3) is 2.81. The second-order valence-electron chi connectivity index (χ2n) is 4.14. The fraction of sp³-hybridized carbons (Fsp3) is 0.417. The Kier molecular flexibility index (Phi) is 3.37. The molecule has 2 rings (SSSR count). The minimum absolute atomic E-state index is 0.253. The van der Waals surface area contributed by atoms with Crippen molar-refractivity contribution in [3.05, 3.63) is 35.6 Å². The Bertz CT molecular complexity index is 461. The van der Waals surface area contributed by atoms with Gasteiger partial charge in [-0.1, -0.05) is 5.16 Å². The first-order valence-corrected chi connectivity index (χ1v) is 5.61. The van der Waals surface area contributed by atoms with E-state index in [1.807, 2.05) is 13.8 Å². The van der Waals surface area contributed by atoms with Crippen LogP contribution in [-0.4, -0.2) is 21.2 Å². The minimum atomic E-state index is 0.253. The molecule has 0 bridgehead atoms. The molecule has 0 radical (unpaired) electrons. The summed E-state index contributed by atoms with van der Waals surface area (Å²) >= 11 is 0. The summed E-state index contributed by atoms with van der Waals surface area (Å²) in [6.45, 7) is 5.99. The molecule has 0 spiro atoms. The van der Waals surface area contributed by atoms with Crippen LogP contribution in [0.5, 0.6) is 0 Å². The molecule has 1 N–H and O–H groups in total. The Hall–Kier alpha value is -1.91. The molecule has 0 aromatic carbocycles. The Morgan fingerprint density at radius 3 is 2.76 bits per heavy atom. The van der Waals surface area contributed by atoms with E-state index in [0.29, 0.717) is 0 Å². The number of anilines is 1. The highest BCUT2D eigenvalue weighted by Gasteiger charge is 2.12. The van der Waals surface area contributed by atoms with Crippen molar-refractivity contribution < 1.29 is 4.52 Å². The zero-order valence-corrected chi connectivity index (χ0v) is 10.3. The summed E-state index contributed by atoms with van der Waals surface area (Å²) < 4.78 is 5.14. The lowest BCUT2D eigenvalue weighted by molar-refractivity contribution is 0.392. The molecule has 5 nitrogen and oxygen atoms in total. The van der Waals surface area contributed by atoms with Gasteiger partial charge in [0.2, 0.25) is 0 Å². The highest BCUT2D eigenvalue weighted by Crippen LogP contribution is 2.15. The number of aromatic nitrogens is 3. The van der Waals surface area contributed by atoms with Crippen molar-refractivity contribution in [2.45, 2.75) is 33.2 Å². The van der Waals surface area contributed by atoms with Gasteiger partial charge in [0.1, 0.15) is 11.6 Å². The predicted octanol–water partition coefficient (Wildman–Crippen LogP) is 2.12. The van der Waals surface area contributed by atoms with E-state index in [-0.39, 0.29) is 6.04 Å². The minimum Gasteiger partial charge on any atom is -0.366 e. The molecule has 2 aromatic heterocycles. The number of hydrogen-bond donors (Lipinski definition) is 1. The van der Waals surface area contributed by atoms with Crippen LogP contribution in [0.3, 0.4) is 0 Å². The first kappa shape index (κ1) is 11.6. The second kappa shape index (κ2) is 4.95. The quantitative estimate of drug-likeness (QED) is 0.874. The Morgan fingerprint density at radius 2 is 2.18 bits per heavy atom. The molecule has 2 heterocycles. The highest BCUT2D eigenvalue weighted by molar-refractivity contribution is 5.33. The molecule has 90 valence electrons. The van der Waals surface area contributed by atoms with Gasteiger partial charge < -0.3 is 9.84 Å². The summed E-state index contributed by atoms with van der Waals surface area (Å²) in [7, 11) is 0. The molecule has 1 atom stereocenters. The first-order valence-electron chi connectivity index (χ1n) is 5.61. The summed E-state index contributed by atoms with van der Waals surface area (Å²) in [5, 5.41) is 7.24. The molecule has 0 aliphatic rings. The van der Waals surface area contributed by atoms with Crippen molar-refractivity contribution in [2.75, 3.05) is 5.32 Å². The first-order chi connectivity index (χ1) is 8.16. The number of hydrogen-bond acceptors (Lipinski definition) is 5. The van der Waals surface area contributed by atoms with Gasteiger partial charge in [0.25, 0.3) is 0 Å². The van der Waals surface area contributed by atoms with E-state index < -0.39 is 0 Å². The van der Waals surface area contributed by atoms with Crippen LogP contribution in [0.15, 0.2) is 23.1 Å². The van der Waals surface area contributed by atoms with E-state index in [4.69, 9.17) is 4.52 Å². The second-order valence-corrected chi connectivity index (χ2v) is 4.14. The van der Waals surface area contributed by atoms with E-state index in [2.05, 4.69) is 27.4 Å². The fourth-order valence-electron chi connectivity index (χ4n) is 1.78. The number of rotatable bonds is 4. The SMILES string of the molecule is Cc1noc(C)c1CC(C)Nc1cnccn1. The van der Waals surface area contributed by atoms with Gasteiger partial charge in [-0.05, 0) is 27.2 Å². The number of aryl methyl sites for hydroxylation is 2. The van der Waals surface area contributed by atoms with Crippen molar-refractivity contribution in [2.24, 2.45) is 0 Å². The average molecular weight is 232 g/mol. The van der Waals surface area contributed by atoms with E-state index in [9.17, 15) is 0 Å². The Balaban J connectivity index is 2.01. The summed E-state index contributed by atoms with van der Waals surface area (Å²) in [5.74, 6) is 1.67. The van der Waals surface area contributed by atoms with Gasteiger partial charge in [-0.25, -0.2) is 4.98 Å². The van der Waals surface area contributed by atoms with Crippen molar-refractivity contribution in [3.8, 4) is 0 Å². The van der Waals surface area contributed by atoms with Crippen LogP contribution in [-0.2, 0) is 6.42 Å².